The van der Waals surface area contributed by atoms with Crippen molar-refractivity contribution in [1.82, 2.24) is 0 Å². The fraction of sp³-hybridized carbons (Fsp3) is 0.778. The molecule has 1 unspecified atom stereocenters. The quantitative estimate of drug-likeness (QED) is 0.347. The number of methoxy groups -OCH3 is 1. The second-order valence-electron chi connectivity index (χ2n) is 2.73. The zero-order valence-electron chi connectivity index (χ0n) is 7.71. The van der Waals surface area contributed by atoms with Gasteiger partial charge in [0.2, 0.25) is 0 Å². The molecule has 0 aliphatic rings. The fourth-order valence-corrected chi connectivity index (χ4v) is 1.10. The Bertz CT molecular complexity index is 143. The van der Waals surface area contributed by atoms with Gasteiger partial charge in [-0.25, -0.2) is 0 Å². The Morgan fingerprint density at radius 2 is 2.25 bits per heavy atom. The minimum absolute atomic E-state index is 0.0325. The lowest BCUT2D eigenvalue weighted by Gasteiger charge is -2.10. The maximum Gasteiger partial charge on any atom is 0.308 e. The number of carbonyl (C=O) groups excluding carboxylic acids is 2. The van der Waals surface area contributed by atoms with Gasteiger partial charge in [0.15, 0.2) is 0 Å². The van der Waals surface area contributed by atoms with Gasteiger partial charge in [-0.05, 0) is 19.3 Å². The van der Waals surface area contributed by atoms with Crippen LogP contribution in [0.15, 0.2) is 0 Å². The van der Waals surface area contributed by atoms with E-state index in [0.29, 0.717) is 6.42 Å². The summed E-state index contributed by atoms with van der Waals surface area (Å²) in [5.74, 6) is -0.196. The summed E-state index contributed by atoms with van der Waals surface area (Å²) in [5.41, 5.74) is 0. The van der Waals surface area contributed by atoms with Crippen molar-refractivity contribution in [2.75, 3.05) is 7.11 Å². The van der Waals surface area contributed by atoms with E-state index >= 15 is 0 Å². The average Bonchev–Trinajstić information content (AvgIpc) is 2.11. The Morgan fingerprint density at radius 3 is 2.67 bits per heavy atom. The molecule has 0 aromatic carbocycles. The number of unbranched alkanes of at least 4 members (excludes halogenated alkanes) is 1. The molecule has 0 spiro atoms. The van der Waals surface area contributed by atoms with E-state index < -0.39 is 0 Å². The summed E-state index contributed by atoms with van der Waals surface area (Å²) >= 11 is 0. The standard InChI is InChI=1S/C9H16O3/c1-3-8(9(11)12-2)6-4-5-7-10/h7-8H,3-6H2,1-2H3. The van der Waals surface area contributed by atoms with Crippen LogP contribution in [0, 0.1) is 5.92 Å². The average molecular weight is 172 g/mol. The summed E-state index contributed by atoms with van der Waals surface area (Å²) in [6.07, 6.45) is 3.72. The highest BCUT2D eigenvalue weighted by Gasteiger charge is 2.15. The minimum Gasteiger partial charge on any atom is -0.469 e. The molecular formula is C9H16O3. The second kappa shape index (κ2) is 6.83. The maximum atomic E-state index is 11.0. The third-order valence-corrected chi connectivity index (χ3v) is 1.90. The van der Waals surface area contributed by atoms with Gasteiger partial charge >= 0.3 is 5.97 Å². The SMILES string of the molecule is CCC(CCCC=O)C(=O)OC. The van der Waals surface area contributed by atoms with E-state index in [1.807, 2.05) is 6.92 Å². The van der Waals surface area contributed by atoms with E-state index in [1.54, 1.807) is 0 Å². The highest BCUT2D eigenvalue weighted by Crippen LogP contribution is 2.13. The largest absolute Gasteiger partial charge is 0.469 e. The van der Waals surface area contributed by atoms with Gasteiger partial charge in [0.05, 0.1) is 13.0 Å². The summed E-state index contributed by atoms with van der Waals surface area (Å²) in [4.78, 5) is 21.0. The molecule has 0 N–H and O–H groups in total. The van der Waals surface area contributed by atoms with Crippen molar-refractivity contribution >= 4 is 12.3 Å². The zero-order chi connectivity index (χ0) is 9.40. The predicted molar refractivity (Wildman–Crippen MR) is 45.7 cm³/mol. The van der Waals surface area contributed by atoms with Crippen LogP contribution >= 0.6 is 0 Å². The first-order valence-corrected chi connectivity index (χ1v) is 4.27. The topological polar surface area (TPSA) is 43.4 Å². The molecular weight excluding hydrogens is 156 g/mol. The van der Waals surface area contributed by atoms with Crippen LogP contribution in [0.1, 0.15) is 32.6 Å². The van der Waals surface area contributed by atoms with Crippen molar-refractivity contribution < 1.29 is 14.3 Å². The molecule has 0 amide bonds. The van der Waals surface area contributed by atoms with Gasteiger partial charge in [0.1, 0.15) is 6.29 Å². The van der Waals surface area contributed by atoms with Crippen LogP contribution in [0.4, 0.5) is 0 Å². The van der Waals surface area contributed by atoms with Crippen molar-refractivity contribution in [2.24, 2.45) is 5.92 Å². The molecule has 0 aliphatic heterocycles. The monoisotopic (exact) mass is 172 g/mol. The van der Waals surface area contributed by atoms with E-state index in [2.05, 4.69) is 4.74 Å². The molecule has 0 fully saturated rings. The molecule has 0 heterocycles. The lowest BCUT2D eigenvalue weighted by molar-refractivity contribution is -0.145. The molecule has 70 valence electrons. The first-order valence-electron chi connectivity index (χ1n) is 4.27. The molecule has 1 atom stereocenters. The highest BCUT2D eigenvalue weighted by atomic mass is 16.5. The summed E-state index contributed by atoms with van der Waals surface area (Å²) in [5, 5.41) is 0. The Labute approximate surface area is 73.1 Å². The third kappa shape index (κ3) is 4.11. The lowest BCUT2D eigenvalue weighted by atomic mass is 10.00. The molecule has 0 rings (SSSR count). The highest BCUT2D eigenvalue weighted by molar-refractivity contribution is 5.72. The predicted octanol–water partition coefficient (Wildman–Crippen LogP) is 1.55. The smallest absolute Gasteiger partial charge is 0.308 e. The summed E-state index contributed by atoms with van der Waals surface area (Å²) in [7, 11) is 1.39. The number of carbonyl (C=O) groups is 2. The Balaban J connectivity index is 3.66. The summed E-state index contributed by atoms with van der Waals surface area (Å²) in [6.45, 7) is 1.95. The number of aldehydes is 1. The van der Waals surface area contributed by atoms with Gasteiger partial charge in [-0.3, -0.25) is 4.79 Å². The van der Waals surface area contributed by atoms with E-state index in [0.717, 1.165) is 25.5 Å². The van der Waals surface area contributed by atoms with Crippen molar-refractivity contribution in [3.63, 3.8) is 0 Å². The number of ether oxygens (including phenoxy) is 1. The molecule has 0 aromatic heterocycles. The zero-order valence-corrected chi connectivity index (χ0v) is 7.71. The molecule has 0 saturated heterocycles. The summed E-state index contributed by atoms with van der Waals surface area (Å²) < 4.78 is 4.61. The number of rotatable bonds is 6. The van der Waals surface area contributed by atoms with Gasteiger partial charge in [0, 0.05) is 6.42 Å². The number of esters is 1. The molecule has 0 aromatic rings. The van der Waals surface area contributed by atoms with Crippen molar-refractivity contribution in [1.29, 1.82) is 0 Å². The van der Waals surface area contributed by atoms with Crippen LogP contribution in [0.25, 0.3) is 0 Å². The molecule has 0 radical (unpaired) electrons. The van der Waals surface area contributed by atoms with Crippen LogP contribution in [0.5, 0.6) is 0 Å². The fourth-order valence-electron chi connectivity index (χ4n) is 1.10. The normalized spacial score (nSPS) is 12.2. The number of hydrogen-bond donors (Lipinski definition) is 0. The van der Waals surface area contributed by atoms with Crippen LogP contribution in [-0.4, -0.2) is 19.4 Å². The van der Waals surface area contributed by atoms with Gasteiger partial charge in [-0.1, -0.05) is 6.92 Å². The first-order chi connectivity index (χ1) is 5.76. The third-order valence-electron chi connectivity index (χ3n) is 1.90. The minimum atomic E-state index is -0.164. The molecule has 3 nitrogen and oxygen atoms in total. The molecule has 0 aliphatic carbocycles. The van der Waals surface area contributed by atoms with E-state index in [4.69, 9.17) is 0 Å². The van der Waals surface area contributed by atoms with Crippen LogP contribution in [0.3, 0.4) is 0 Å². The molecule has 0 bridgehead atoms. The van der Waals surface area contributed by atoms with Crippen LogP contribution < -0.4 is 0 Å². The second-order valence-corrected chi connectivity index (χ2v) is 2.73. The maximum absolute atomic E-state index is 11.0. The van der Waals surface area contributed by atoms with Crippen LogP contribution in [-0.2, 0) is 14.3 Å². The van der Waals surface area contributed by atoms with Gasteiger partial charge in [-0.2, -0.15) is 0 Å². The van der Waals surface area contributed by atoms with Gasteiger partial charge in [0.25, 0.3) is 0 Å². The number of hydrogen-bond acceptors (Lipinski definition) is 3. The summed E-state index contributed by atoms with van der Waals surface area (Å²) in [6, 6.07) is 0. The van der Waals surface area contributed by atoms with Gasteiger partial charge < -0.3 is 9.53 Å². The van der Waals surface area contributed by atoms with Crippen molar-refractivity contribution in [3.8, 4) is 0 Å². The molecule has 3 heteroatoms. The van der Waals surface area contributed by atoms with Crippen LogP contribution in [0.2, 0.25) is 0 Å². The Kier molecular flexibility index (Phi) is 6.34. The van der Waals surface area contributed by atoms with Crippen molar-refractivity contribution in [2.45, 2.75) is 32.6 Å². The van der Waals surface area contributed by atoms with Gasteiger partial charge in [-0.15, -0.1) is 0 Å². The Morgan fingerprint density at radius 1 is 1.58 bits per heavy atom. The van der Waals surface area contributed by atoms with Crippen molar-refractivity contribution in [3.05, 3.63) is 0 Å². The molecule has 0 saturated carbocycles. The van der Waals surface area contributed by atoms with E-state index in [-0.39, 0.29) is 11.9 Å². The Hall–Kier alpha value is -0.860. The molecule has 12 heavy (non-hydrogen) atoms. The van der Waals surface area contributed by atoms with E-state index in [1.165, 1.54) is 7.11 Å². The van der Waals surface area contributed by atoms with E-state index in [9.17, 15) is 9.59 Å². The first kappa shape index (κ1) is 11.1. The lowest BCUT2D eigenvalue weighted by Crippen LogP contribution is -2.15.